The molecule has 0 unspecified atom stereocenters. The number of nitrogens with zero attached hydrogens (tertiary/aromatic N) is 3. The highest BCUT2D eigenvalue weighted by atomic mass is 19.4. The molecule has 4 nitrogen and oxygen atoms in total. The molecule has 1 aromatic heterocycles. The second kappa shape index (κ2) is 7.18. The number of hydrogen-bond acceptors (Lipinski definition) is 3. The van der Waals surface area contributed by atoms with Crippen LogP contribution in [0.5, 0.6) is 5.75 Å². The van der Waals surface area contributed by atoms with Crippen LogP contribution >= 0.6 is 0 Å². The molecule has 0 radical (unpaired) electrons. The average molecular weight is 401 g/mol. The van der Waals surface area contributed by atoms with Crippen LogP contribution in [0.25, 0.3) is 16.5 Å². The molecule has 0 amide bonds. The van der Waals surface area contributed by atoms with Crippen LogP contribution in [-0.4, -0.2) is 28.4 Å². The molecule has 0 bridgehead atoms. The number of alkyl halides is 3. The van der Waals surface area contributed by atoms with Crippen molar-refractivity contribution >= 4 is 16.5 Å². The number of aromatic nitrogens is 1. The molecule has 1 fully saturated rings. The van der Waals surface area contributed by atoms with Crippen molar-refractivity contribution in [2.45, 2.75) is 51.6 Å². The van der Waals surface area contributed by atoms with Crippen LogP contribution in [0.1, 0.15) is 50.4 Å². The molecule has 1 aromatic carbocycles. The Morgan fingerprint density at radius 1 is 1.24 bits per heavy atom. The van der Waals surface area contributed by atoms with Gasteiger partial charge < -0.3 is 14.2 Å². The van der Waals surface area contributed by atoms with E-state index in [2.05, 4.69) is 35.6 Å². The maximum Gasteiger partial charge on any atom is 0.573 e. The highest BCUT2D eigenvalue weighted by molar-refractivity contribution is 5.95. The van der Waals surface area contributed by atoms with Gasteiger partial charge in [-0.05, 0) is 45.2 Å². The first-order valence-electron chi connectivity index (χ1n) is 9.77. The molecular weight excluding hydrogens is 379 g/mol. The Kier molecular flexibility index (Phi) is 4.81. The fourth-order valence-corrected chi connectivity index (χ4v) is 3.98. The van der Waals surface area contributed by atoms with Crippen molar-refractivity contribution in [3.05, 3.63) is 47.8 Å². The maximum atomic E-state index is 12.7. The van der Waals surface area contributed by atoms with Gasteiger partial charge in [-0.2, -0.15) is 5.26 Å². The lowest BCUT2D eigenvalue weighted by atomic mass is 9.92. The van der Waals surface area contributed by atoms with Crippen LogP contribution in [0, 0.1) is 11.3 Å². The van der Waals surface area contributed by atoms with Crippen molar-refractivity contribution in [1.82, 2.24) is 9.47 Å². The molecule has 1 saturated carbocycles. The Balaban J connectivity index is 1.93. The number of hydrogen-bond donors (Lipinski definition) is 0. The number of nitriles is 1. The van der Waals surface area contributed by atoms with Crippen LogP contribution in [0.3, 0.4) is 0 Å². The van der Waals surface area contributed by atoms with Gasteiger partial charge in [0.1, 0.15) is 11.8 Å². The quantitative estimate of drug-likeness (QED) is 0.654. The summed E-state index contributed by atoms with van der Waals surface area (Å²) in [7, 11) is 0. The SMILES string of the molecule is CC(C)N1C=C(c2c(C#N)c3ccc(OC(F)(F)F)cc3n2C2CCC2)C=CC1. The second-order valence-corrected chi connectivity index (χ2v) is 7.79. The Morgan fingerprint density at radius 2 is 2.00 bits per heavy atom. The Hall–Kier alpha value is -2.88. The summed E-state index contributed by atoms with van der Waals surface area (Å²) in [6, 6.07) is 6.99. The molecular formula is C22H22F3N3O. The molecule has 0 atom stereocenters. The zero-order valence-corrected chi connectivity index (χ0v) is 16.3. The summed E-state index contributed by atoms with van der Waals surface area (Å²) < 4.78 is 44.4. The zero-order chi connectivity index (χ0) is 20.8. The molecule has 1 aliphatic heterocycles. The summed E-state index contributed by atoms with van der Waals surface area (Å²) >= 11 is 0. The minimum atomic E-state index is -4.76. The first-order valence-corrected chi connectivity index (χ1v) is 9.77. The summed E-state index contributed by atoms with van der Waals surface area (Å²) in [4.78, 5) is 2.18. The van der Waals surface area contributed by atoms with Crippen molar-refractivity contribution in [1.29, 1.82) is 5.26 Å². The zero-order valence-electron chi connectivity index (χ0n) is 16.3. The second-order valence-electron chi connectivity index (χ2n) is 7.79. The molecule has 0 spiro atoms. The van der Waals surface area contributed by atoms with Crippen molar-refractivity contribution in [3.8, 4) is 11.8 Å². The molecule has 152 valence electrons. The van der Waals surface area contributed by atoms with Crippen LogP contribution in [-0.2, 0) is 0 Å². The first kappa shape index (κ1) is 19.4. The van der Waals surface area contributed by atoms with Crippen molar-refractivity contribution < 1.29 is 17.9 Å². The molecule has 2 aliphatic rings. The third-order valence-electron chi connectivity index (χ3n) is 5.62. The average Bonchev–Trinajstić information content (AvgIpc) is 2.92. The highest BCUT2D eigenvalue weighted by Gasteiger charge is 2.33. The van der Waals surface area contributed by atoms with Gasteiger partial charge in [-0.25, -0.2) is 0 Å². The molecule has 0 N–H and O–H groups in total. The van der Waals surface area contributed by atoms with Gasteiger partial charge in [0.2, 0.25) is 0 Å². The number of benzene rings is 1. The third-order valence-corrected chi connectivity index (χ3v) is 5.62. The monoisotopic (exact) mass is 401 g/mol. The van der Waals surface area contributed by atoms with Gasteiger partial charge in [0.15, 0.2) is 0 Å². The summed E-state index contributed by atoms with van der Waals surface area (Å²) in [6.45, 7) is 4.98. The first-order chi connectivity index (χ1) is 13.8. The van der Waals surface area contributed by atoms with E-state index < -0.39 is 6.36 Å². The number of allylic oxidation sites excluding steroid dienone is 2. The summed E-state index contributed by atoms with van der Waals surface area (Å²) in [5, 5.41) is 10.6. The van der Waals surface area contributed by atoms with Crippen molar-refractivity contribution in [2.24, 2.45) is 0 Å². The third kappa shape index (κ3) is 3.59. The molecule has 29 heavy (non-hydrogen) atoms. The van der Waals surface area contributed by atoms with Gasteiger partial charge in [-0.3, -0.25) is 0 Å². The van der Waals surface area contributed by atoms with Crippen LogP contribution < -0.4 is 4.74 Å². The number of ether oxygens (including phenoxy) is 1. The molecule has 2 aromatic rings. The lowest BCUT2D eigenvalue weighted by molar-refractivity contribution is -0.274. The Bertz CT molecular complexity index is 1040. The van der Waals surface area contributed by atoms with Crippen molar-refractivity contribution in [3.63, 3.8) is 0 Å². The molecule has 4 rings (SSSR count). The largest absolute Gasteiger partial charge is 0.573 e. The van der Waals surface area contributed by atoms with Gasteiger partial charge in [-0.1, -0.05) is 12.2 Å². The minimum absolute atomic E-state index is 0.166. The predicted molar refractivity (Wildman–Crippen MR) is 105 cm³/mol. The lowest BCUT2D eigenvalue weighted by Gasteiger charge is -2.32. The lowest BCUT2D eigenvalue weighted by Crippen LogP contribution is -2.28. The molecule has 0 saturated heterocycles. The Labute approximate surface area is 167 Å². The number of halogens is 3. The highest BCUT2D eigenvalue weighted by Crippen LogP contribution is 2.42. The van der Waals surface area contributed by atoms with Gasteiger partial charge in [0.25, 0.3) is 0 Å². The Morgan fingerprint density at radius 3 is 2.59 bits per heavy atom. The number of fused-ring (bicyclic) bond motifs is 1. The van der Waals surface area contributed by atoms with Crippen molar-refractivity contribution in [2.75, 3.05) is 6.54 Å². The molecule has 7 heteroatoms. The normalized spacial score (nSPS) is 17.4. The van der Waals surface area contributed by atoms with E-state index in [0.29, 0.717) is 22.5 Å². The van der Waals surface area contributed by atoms with Gasteiger partial charge in [0, 0.05) is 41.9 Å². The van der Waals surface area contributed by atoms with Crippen LogP contribution in [0.15, 0.2) is 36.6 Å². The predicted octanol–water partition coefficient (Wildman–Crippen LogP) is 5.76. The standard InChI is InChI=1S/C22H22F3N3O/c1-14(2)27-10-4-5-15(13-27)21-19(12-26)18-9-8-17(29-22(23,24)25)11-20(18)28(21)16-6-3-7-16/h4-5,8-9,11,13-14,16H,3,6-7,10H2,1-2H3. The van der Waals surface area contributed by atoms with E-state index in [9.17, 15) is 18.4 Å². The maximum absolute atomic E-state index is 12.7. The van der Waals surface area contributed by atoms with Gasteiger partial charge in [-0.15, -0.1) is 13.2 Å². The minimum Gasteiger partial charge on any atom is -0.406 e. The van der Waals surface area contributed by atoms with E-state index in [4.69, 9.17) is 0 Å². The van der Waals surface area contributed by atoms with Crippen LogP contribution in [0.4, 0.5) is 13.2 Å². The van der Waals surface area contributed by atoms with Gasteiger partial charge in [0.05, 0.1) is 16.8 Å². The van der Waals surface area contributed by atoms with Gasteiger partial charge >= 0.3 is 6.36 Å². The summed E-state index contributed by atoms with van der Waals surface area (Å²) in [5.74, 6) is -0.268. The summed E-state index contributed by atoms with van der Waals surface area (Å²) in [5.41, 5.74) is 2.78. The number of rotatable bonds is 4. The topological polar surface area (TPSA) is 41.2 Å². The van der Waals surface area contributed by atoms with E-state index in [1.165, 1.54) is 12.1 Å². The summed E-state index contributed by atoms with van der Waals surface area (Å²) in [6.07, 6.45) is 4.29. The van der Waals surface area contributed by atoms with E-state index >= 15 is 0 Å². The fourth-order valence-electron chi connectivity index (χ4n) is 3.98. The van der Waals surface area contributed by atoms with E-state index in [-0.39, 0.29) is 11.8 Å². The fraction of sp³-hybridized carbons (Fsp3) is 0.409. The van der Waals surface area contributed by atoms with E-state index in [0.717, 1.165) is 37.1 Å². The van der Waals surface area contributed by atoms with E-state index in [1.807, 2.05) is 16.8 Å². The van der Waals surface area contributed by atoms with E-state index in [1.54, 1.807) is 6.07 Å². The molecule has 1 aliphatic carbocycles. The smallest absolute Gasteiger partial charge is 0.406 e. The van der Waals surface area contributed by atoms with Crippen LogP contribution in [0.2, 0.25) is 0 Å². The molecule has 2 heterocycles.